The van der Waals surface area contributed by atoms with E-state index in [1.54, 1.807) is 0 Å². The number of methoxy groups -OCH3 is 2. The Kier molecular flexibility index (Phi) is 4.30. The summed E-state index contributed by atoms with van der Waals surface area (Å²) in [5, 5.41) is 0. The third kappa shape index (κ3) is 2.68. The first kappa shape index (κ1) is 15.5. The number of hydrogen-bond acceptors (Lipinski definition) is 5. The fourth-order valence-electron chi connectivity index (χ4n) is 3.25. The van der Waals surface area contributed by atoms with Crippen molar-refractivity contribution in [2.45, 2.75) is 12.2 Å². The minimum atomic E-state index is -0.683. The van der Waals surface area contributed by atoms with Crippen molar-refractivity contribution in [1.29, 1.82) is 0 Å². The van der Waals surface area contributed by atoms with E-state index >= 15 is 0 Å². The topological polar surface area (TPSA) is 61.8 Å². The molecule has 0 bridgehead atoms. The number of allylic oxidation sites excluding steroid dienone is 4. The zero-order chi connectivity index (χ0) is 16.4. The second-order valence-electron chi connectivity index (χ2n) is 5.47. The summed E-state index contributed by atoms with van der Waals surface area (Å²) in [6.07, 6.45) is 14.9. The van der Waals surface area contributed by atoms with Crippen molar-refractivity contribution < 1.29 is 23.8 Å². The Balaban J connectivity index is 2.18. The van der Waals surface area contributed by atoms with Gasteiger partial charge in [-0.15, -0.1) is 0 Å². The lowest BCUT2D eigenvalue weighted by Gasteiger charge is -2.42. The van der Waals surface area contributed by atoms with E-state index in [0.29, 0.717) is 5.57 Å². The van der Waals surface area contributed by atoms with Gasteiger partial charge in [-0.1, -0.05) is 48.6 Å². The molecule has 0 saturated carbocycles. The van der Waals surface area contributed by atoms with E-state index in [1.807, 2.05) is 48.6 Å². The van der Waals surface area contributed by atoms with E-state index in [1.165, 1.54) is 14.2 Å². The molecule has 1 saturated heterocycles. The number of ether oxygens (including phenoxy) is 3. The van der Waals surface area contributed by atoms with Crippen LogP contribution in [0.1, 0.15) is 0 Å². The highest BCUT2D eigenvalue weighted by Crippen LogP contribution is 2.42. The molecular formula is C18H18O5. The lowest BCUT2D eigenvalue weighted by Crippen LogP contribution is -2.43. The fourth-order valence-corrected chi connectivity index (χ4v) is 3.25. The molecule has 0 spiro atoms. The summed E-state index contributed by atoms with van der Waals surface area (Å²) in [4.78, 5) is 24.5. The molecule has 1 heterocycles. The molecule has 3 rings (SSSR count). The van der Waals surface area contributed by atoms with Crippen LogP contribution >= 0.6 is 0 Å². The Morgan fingerprint density at radius 2 is 1.26 bits per heavy atom. The molecule has 0 aromatic heterocycles. The Hall–Kier alpha value is -2.40. The van der Waals surface area contributed by atoms with Crippen LogP contribution in [-0.2, 0) is 23.8 Å². The van der Waals surface area contributed by atoms with Crippen LogP contribution < -0.4 is 0 Å². The molecule has 2 aliphatic carbocycles. The van der Waals surface area contributed by atoms with Gasteiger partial charge in [-0.3, -0.25) is 0 Å². The molecule has 3 aliphatic rings. The lowest BCUT2D eigenvalue weighted by atomic mass is 9.73. The van der Waals surface area contributed by atoms with Crippen LogP contribution in [0.15, 0.2) is 59.8 Å². The number of fused-ring (bicyclic) bond motifs is 2. The predicted octanol–water partition coefficient (Wildman–Crippen LogP) is 1.88. The first-order valence-electron chi connectivity index (χ1n) is 7.43. The van der Waals surface area contributed by atoms with E-state index in [4.69, 9.17) is 14.2 Å². The van der Waals surface area contributed by atoms with Gasteiger partial charge in [0.1, 0.15) is 5.57 Å². The molecule has 4 unspecified atom stereocenters. The smallest absolute Gasteiger partial charge is 0.345 e. The van der Waals surface area contributed by atoms with Gasteiger partial charge < -0.3 is 14.2 Å². The monoisotopic (exact) mass is 314 g/mol. The minimum Gasteiger partial charge on any atom is -0.465 e. The molecule has 1 aliphatic heterocycles. The first-order valence-corrected chi connectivity index (χ1v) is 7.43. The van der Waals surface area contributed by atoms with E-state index in [-0.39, 0.29) is 29.6 Å². The summed E-state index contributed by atoms with van der Waals surface area (Å²) in [5.74, 6) is -1.77. The molecule has 0 aromatic carbocycles. The highest BCUT2D eigenvalue weighted by atomic mass is 16.5. The van der Waals surface area contributed by atoms with Crippen molar-refractivity contribution in [3.8, 4) is 0 Å². The highest BCUT2D eigenvalue weighted by Gasteiger charge is 2.43. The summed E-state index contributed by atoms with van der Waals surface area (Å²) in [5.41, 5.74) is 0.648. The standard InChI is InChI=1S/C18H18O5/c1-21-17(19)16(18(20)22-2)15-11-7-3-5-9-13(11)23-14-10-6-4-8-12(14)15/h3-14H,1-2H3. The van der Waals surface area contributed by atoms with E-state index in [9.17, 15) is 9.59 Å². The molecular weight excluding hydrogens is 296 g/mol. The predicted molar refractivity (Wildman–Crippen MR) is 83.3 cm³/mol. The van der Waals surface area contributed by atoms with Gasteiger partial charge in [-0.2, -0.15) is 0 Å². The third-order valence-electron chi connectivity index (χ3n) is 4.27. The lowest BCUT2D eigenvalue weighted by molar-refractivity contribution is -0.144. The zero-order valence-corrected chi connectivity index (χ0v) is 13.0. The van der Waals surface area contributed by atoms with Gasteiger partial charge in [0.2, 0.25) is 0 Å². The maximum Gasteiger partial charge on any atom is 0.345 e. The maximum atomic E-state index is 12.3. The molecule has 120 valence electrons. The Bertz CT molecular complexity index is 611. The summed E-state index contributed by atoms with van der Waals surface area (Å²) < 4.78 is 15.7. The normalized spacial score (nSPS) is 30.4. The molecule has 0 amide bonds. The second kappa shape index (κ2) is 6.38. The molecule has 5 heteroatoms. The second-order valence-corrected chi connectivity index (χ2v) is 5.47. The van der Waals surface area contributed by atoms with Crippen LogP contribution in [-0.4, -0.2) is 38.4 Å². The summed E-state index contributed by atoms with van der Waals surface area (Å²) in [7, 11) is 2.51. The average molecular weight is 314 g/mol. The minimum absolute atomic E-state index is 0.0387. The number of rotatable bonds is 2. The van der Waals surface area contributed by atoms with Crippen LogP contribution in [0.3, 0.4) is 0 Å². The average Bonchev–Trinajstić information content (AvgIpc) is 2.60. The largest absolute Gasteiger partial charge is 0.465 e. The summed E-state index contributed by atoms with van der Waals surface area (Å²) in [6.45, 7) is 0. The van der Waals surface area contributed by atoms with E-state index in [0.717, 1.165) is 0 Å². The summed E-state index contributed by atoms with van der Waals surface area (Å²) in [6, 6.07) is 0. The summed E-state index contributed by atoms with van der Waals surface area (Å²) >= 11 is 0. The van der Waals surface area contributed by atoms with Gasteiger partial charge in [0, 0.05) is 11.8 Å². The number of carbonyl (C=O) groups excluding carboxylic acids is 2. The van der Waals surface area contributed by atoms with Crippen LogP contribution in [0, 0.1) is 11.8 Å². The van der Waals surface area contributed by atoms with Crippen molar-refractivity contribution in [1.82, 2.24) is 0 Å². The molecule has 5 nitrogen and oxygen atoms in total. The number of esters is 2. The van der Waals surface area contributed by atoms with Gasteiger partial charge in [0.05, 0.1) is 26.4 Å². The van der Waals surface area contributed by atoms with E-state index < -0.39 is 11.9 Å². The van der Waals surface area contributed by atoms with Gasteiger partial charge in [0.25, 0.3) is 0 Å². The van der Waals surface area contributed by atoms with Crippen LogP contribution in [0.4, 0.5) is 0 Å². The van der Waals surface area contributed by atoms with Crippen molar-refractivity contribution in [2.75, 3.05) is 14.2 Å². The molecule has 4 atom stereocenters. The zero-order valence-electron chi connectivity index (χ0n) is 13.0. The molecule has 0 aromatic rings. The van der Waals surface area contributed by atoms with Gasteiger partial charge in [-0.25, -0.2) is 9.59 Å². The highest BCUT2D eigenvalue weighted by molar-refractivity contribution is 6.15. The SMILES string of the molecule is COC(=O)C(C(=O)OC)=C1C2C=CC=CC2OC2C=CC=CC12. The van der Waals surface area contributed by atoms with Gasteiger partial charge >= 0.3 is 11.9 Å². The van der Waals surface area contributed by atoms with Crippen molar-refractivity contribution >= 4 is 11.9 Å². The van der Waals surface area contributed by atoms with Gasteiger partial charge in [0.15, 0.2) is 0 Å². The number of hydrogen-bond donors (Lipinski definition) is 0. The van der Waals surface area contributed by atoms with E-state index in [2.05, 4.69) is 0 Å². The maximum absolute atomic E-state index is 12.3. The molecule has 23 heavy (non-hydrogen) atoms. The quantitative estimate of drug-likeness (QED) is 0.337. The Morgan fingerprint density at radius 1 is 0.826 bits per heavy atom. The molecule has 1 fully saturated rings. The molecule has 0 N–H and O–H groups in total. The Labute approximate surface area is 134 Å². The molecule has 0 radical (unpaired) electrons. The Morgan fingerprint density at radius 3 is 1.70 bits per heavy atom. The fraction of sp³-hybridized carbons (Fsp3) is 0.333. The van der Waals surface area contributed by atoms with Crippen molar-refractivity contribution in [3.63, 3.8) is 0 Å². The van der Waals surface area contributed by atoms with Crippen LogP contribution in [0.2, 0.25) is 0 Å². The van der Waals surface area contributed by atoms with Crippen LogP contribution in [0.25, 0.3) is 0 Å². The first-order chi connectivity index (χ1) is 11.2. The van der Waals surface area contributed by atoms with Crippen LogP contribution in [0.5, 0.6) is 0 Å². The number of carbonyl (C=O) groups is 2. The third-order valence-corrected chi connectivity index (χ3v) is 4.27. The van der Waals surface area contributed by atoms with Crippen molar-refractivity contribution in [3.05, 3.63) is 59.8 Å². The van der Waals surface area contributed by atoms with Gasteiger partial charge in [-0.05, 0) is 5.57 Å². The van der Waals surface area contributed by atoms with Crippen molar-refractivity contribution in [2.24, 2.45) is 11.8 Å².